The second-order valence-electron chi connectivity index (χ2n) is 9.60. The minimum Gasteiger partial charge on any atom is -0.336 e. The maximum Gasteiger partial charge on any atom is 0.223 e. The summed E-state index contributed by atoms with van der Waals surface area (Å²) in [5.74, 6) is -1.85. The molecule has 36 heavy (non-hydrogen) atoms. The third-order valence-electron chi connectivity index (χ3n) is 7.15. The largest absolute Gasteiger partial charge is 0.336 e. The smallest absolute Gasteiger partial charge is 0.223 e. The Bertz CT molecular complexity index is 1360. The van der Waals surface area contributed by atoms with Gasteiger partial charge in [0.15, 0.2) is 0 Å². The summed E-state index contributed by atoms with van der Waals surface area (Å²) in [6.45, 7) is 2.32. The van der Waals surface area contributed by atoms with E-state index in [1.54, 1.807) is 29.2 Å². The van der Waals surface area contributed by atoms with E-state index in [2.05, 4.69) is 0 Å². The number of carbonyl (C=O) groups excluding carboxylic acids is 1. The van der Waals surface area contributed by atoms with Crippen molar-refractivity contribution in [2.75, 3.05) is 18.6 Å². The molecule has 0 aliphatic carbocycles. The van der Waals surface area contributed by atoms with E-state index in [0.717, 1.165) is 17.2 Å². The molecule has 1 fully saturated rings. The summed E-state index contributed by atoms with van der Waals surface area (Å²) in [4.78, 5) is 15.1. The van der Waals surface area contributed by atoms with Gasteiger partial charge in [0.25, 0.3) is 0 Å². The summed E-state index contributed by atoms with van der Waals surface area (Å²) in [5, 5.41) is 0. The summed E-state index contributed by atoms with van der Waals surface area (Å²) >= 11 is 0. The van der Waals surface area contributed by atoms with Crippen LogP contribution in [0.4, 0.5) is 13.2 Å². The quantitative estimate of drug-likeness (QED) is 0.398. The summed E-state index contributed by atoms with van der Waals surface area (Å²) < 4.78 is 64.8. The number of hydrogen-bond donors (Lipinski definition) is 0. The van der Waals surface area contributed by atoms with Gasteiger partial charge in [-0.1, -0.05) is 36.4 Å². The topological polar surface area (TPSA) is 54.5 Å². The van der Waals surface area contributed by atoms with Gasteiger partial charge in [0.1, 0.15) is 27.3 Å². The molecule has 8 heteroatoms. The van der Waals surface area contributed by atoms with Gasteiger partial charge < -0.3 is 4.90 Å². The highest BCUT2D eigenvalue weighted by Gasteiger charge is 2.42. The van der Waals surface area contributed by atoms with E-state index >= 15 is 0 Å². The second-order valence-corrected chi connectivity index (χ2v) is 11.9. The van der Waals surface area contributed by atoms with Crippen molar-refractivity contribution in [2.45, 2.75) is 37.6 Å². The lowest BCUT2D eigenvalue weighted by molar-refractivity contribution is -0.138. The summed E-state index contributed by atoms with van der Waals surface area (Å²) in [6.07, 6.45) is 2.12. The van der Waals surface area contributed by atoms with Gasteiger partial charge in [-0.05, 0) is 60.7 Å². The molecule has 1 saturated heterocycles. The van der Waals surface area contributed by atoms with E-state index < -0.39 is 32.7 Å². The van der Waals surface area contributed by atoms with Crippen LogP contribution in [-0.2, 0) is 20.0 Å². The normalized spacial score (nSPS) is 19.4. The molecule has 0 radical (unpaired) electrons. The number of benzene rings is 3. The number of halogens is 3. The van der Waals surface area contributed by atoms with Crippen molar-refractivity contribution in [2.24, 2.45) is 0 Å². The number of sulfone groups is 1. The van der Waals surface area contributed by atoms with Crippen LogP contribution in [0.15, 0.2) is 66.7 Å². The standard InChI is InChI=1S/C28H28F3NO3S/c1-19(20-3-5-21(6-4-20)25-12-11-24(30)17-26(25)31)32-15-13-28(18-27(32)33,14-16-36(2,34)35)22-7-9-23(29)10-8-22/h3-12,17,19H,13-16,18H2,1-2H3/t19-,28+/m0/s1. The van der Waals surface area contributed by atoms with Crippen molar-refractivity contribution in [1.82, 2.24) is 4.90 Å². The first kappa shape index (κ1) is 25.9. The number of hydrogen-bond acceptors (Lipinski definition) is 3. The monoisotopic (exact) mass is 515 g/mol. The number of likely N-dealkylation sites (tertiary alicyclic amines) is 1. The Labute approximate surface area is 209 Å². The number of piperidine rings is 1. The molecule has 1 aliphatic rings. The molecule has 0 spiro atoms. The summed E-state index contributed by atoms with van der Waals surface area (Å²) in [7, 11) is -3.25. The van der Waals surface area contributed by atoms with Gasteiger partial charge >= 0.3 is 0 Å². The van der Waals surface area contributed by atoms with Crippen LogP contribution < -0.4 is 0 Å². The van der Waals surface area contributed by atoms with Crippen molar-refractivity contribution >= 4 is 15.7 Å². The lowest BCUT2D eigenvalue weighted by Crippen LogP contribution is -2.47. The second kappa shape index (κ2) is 10.1. The first-order chi connectivity index (χ1) is 17.0. The molecule has 0 saturated carbocycles. The van der Waals surface area contributed by atoms with Gasteiger partial charge in [-0.3, -0.25) is 4.79 Å². The Kier molecular flexibility index (Phi) is 7.27. The van der Waals surface area contributed by atoms with E-state index in [9.17, 15) is 26.4 Å². The number of nitrogens with zero attached hydrogens (tertiary/aromatic N) is 1. The highest BCUT2D eigenvalue weighted by Crippen LogP contribution is 2.42. The molecule has 2 atom stereocenters. The highest BCUT2D eigenvalue weighted by atomic mass is 32.2. The minimum absolute atomic E-state index is 0.0609. The molecule has 1 amide bonds. The van der Waals surface area contributed by atoms with Crippen LogP contribution in [0.1, 0.15) is 43.4 Å². The zero-order valence-corrected chi connectivity index (χ0v) is 21.0. The Morgan fingerprint density at radius 2 is 1.58 bits per heavy atom. The average Bonchev–Trinajstić information content (AvgIpc) is 2.83. The van der Waals surface area contributed by atoms with Crippen LogP contribution in [0.2, 0.25) is 0 Å². The fraction of sp³-hybridized carbons (Fsp3) is 0.321. The van der Waals surface area contributed by atoms with Gasteiger partial charge in [0, 0.05) is 36.3 Å². The predicted molar refractivity (Wildman–Crippen MR) is 134 cm³/mol. The molecule has 4 nitrogen and oxygen atoms in total. The first-order valence-electron chi connectivity index (χ1n) is 11.8. The van der Waals surface area contributed by atoms with Crippen LogP contribution in [0.25, 0.3) is 11.1 Å². The summed E-state index contributed by atoms with van der Waals surface area (Å²) in [5.41, 5.74) is 1.83. The van der Waals surface area contributed by atoms with Gasteiger partial charge in [-0.25, -0.2) is 21.6 Å². The molecule has 0 unspecified atom stereocenters. The number of amides is 1. The fourth-order valence-electron chi connectivity index (χ4n) is 4.98. The molecule has 190 valence electrons. The van der Waals surface area contributed by atoms with Gasteiger partial charge in [-0.2, -0.15) is 0 Å². The molecule has 0 aromatic heterocycles. The van der Waals surface area contributed by atoms with Crippen molar-refractivity contribution in [3.05, 3.63) is 95.3 Å². The maximum absolute atomic E-state index is 14.2. The van der Waals surface area contributed by atoms with E-state index in [-0.39, 0.29) is 30.5 Å². The Balaban J connectivity index is 1.54. The predicted octanol–water partition coefficient (Wildman–Crippen LogP) is 5.83. The van der Waals surface area contributed by atoms with Crippen molar-refractivity contribution in [3.63, 3.8) is 0 Å². The zero-order valence-electron chi connectivity index (χ0n) is 20.2. The number of rotatable bonds is 7. The SMILES string of the molecule is C[C@@H](c1ccc(-c2ccc(F)cc2F)cc1)N1CC[C@](CCS(C)(=O)=O)(c2ccc(F)cc2)CC1=O. The lowest BCUT2D eigenvalue weighted by atomic mass is 9.70. The van der Waals surface area contributed by atoms with Crippen molar-refractivity contribution in [3.8, 4) is 11.1 Å². The van der Waals surface area contributed by atoms with E-state index in [1.165, 1.54) is 30.5 Å². The van der Waals surface area contributed by atoms with E-state index in [1.807, 2.05) is 19.1 Å². The molecule has 1 aliphatic heterocycles. The van der Waals surface area contributed by atoms with Crippen molar-refractivity contribution < 1.29 is 26.4 Å². The fourth-order valence-corrected chi connectivity index (χ4v) is 5.74. The molecule has 0 N–H and O–H groups in total. The minimum atomic E-state index is -3.25. The average molecular weight is 516 g/mol. The summed E-state index contributed by atoms with van der Waals surface area (Å²) in [6, 6.07) is 16.3. The Morgan fingerprint density at radius 3 is 2.17 bits per heavy atom. The Morgan fingerprint density at radius 1 is 0.944 bits per heavy atom. The van der Waals surface area contributed by atoms with Crippen molar-refractivity contribution in [1.29, 1.82) is 0 Å². The third kappa shape index (κ3) is 5.64. The highest BCUT2D eigenvalue weighted by molar-refractivity contribution is 7.90. The molecule has 1 heterocycles. The van der Waals surface area contributed by atoms with Crippen LogP contribution in [0.3, 0.4) is 0 Å². The molecular formula is C28H28F3NO3S. The van der Waals surface area contributed by atoms with Crippen LogP contribution in [0, 0.1) is 17.5 Å². The molecule has 0 bridgehead atoms. The van der Waals surface area contributed by atoms with E-state index in [4.69, 9.17) is 0 Å². The lowest BCUT2D eigenvalue weighted by Gasteiger charge is -2.44. The Hall–Kier alpha value is -3.13. The van der Waals surface area contributed by atoms with Crippen LogP contribution in [-0.4, -0.2) is 37.8 Å². The van der Waals surface area contributed by atoms with Crippen LogP contribution >= 0.6 is 0 Å². The zero-order chi connectivity index (χ0) is 26.1. The first-order valence-corrected chi connectivity index (χ1v) is 13.8. The van der Waals surface area contributed by atoms with Gasteiger partial charge in [-0.15, -0.1) is 0 Å². The maximum atomic E-state index is 14.2. The molecule has 3 aromatic carbocycles. The van der Waals surface area contributed by atoms with Gasteiger partial charge in [0.05, 0.1) is 11.8 Å². The molecular weight excluding hydrogens is 487 g/mol. The van der Waals surface area contributed by atoms with E-state index in [0.29, 0.717) is 24.1 Å². The molecule has 3 aromatic rings. The number of carbonyl (C=O) groups is 1. The third-order valence-corrected chi connectivity index (χ3v) is 8.10. The van der Waals surface area contributed by atoms with Gasteiger partial charge in [0.2, 0.25) is 5.91 Å². The van der Waals surface area contributed by atoms with Crippen LogP contribution in [0.5, 0.6) is 0 Å². The molecule has 4 rings (SSSR count).